The van der Waals surface area contributed by atoms with E-state index in [0.717, 1.165) is 12.1 Å². The van der Waals surface area contributed by atoms with Gasteiger partial charge in [0.2, 0.25) is 0 Å². The maximum absolute atomic E-state index is 12.5. The van der Waals surface area contributed by atoms with Gasteiger partial charge in [-0.2, -0.15) is 5.10 Å². The highest BCUT2D eigenvalue weighted by atomic mass is 16.5. The Kier molecular flexibility index (Phi) is 7.03. The summed E-state index contributed by atoms with van der Waals surface area (Å²) >= 11 is 0. The highest BCUT2D eigenvalue weighted by Crippen LogP contribution is 2.16. The van der Waals surface area contributed by atoms with Crippen LogP contribution in [0.4, 0.5) is 5.69 Å². The quantitative estimate of drug-likeness (QED) is 0.650. The lowest BCUT2D eigenvalue weighted by Gasteiger charge is -2.21. The number of rotatable bonds is 9. The minimum absolute atomic E-state index is 0.174. The molecule has 0 aromatic carbocycles. The van der Waals surface area contributed by atoms with E-state index in [4.69, 9.17) is 15.2 Å². The Morgan fingerprint density at radius 1 is 1.30 bits per heavy atom. The van der Waals surface area contributed by atoms with Crippen LogP contribution in [0.1, 0.15) is 29.5 Å². The molecule has 0 bridgehead atoms. The summed E-state index contributed by atoms with van der Waals surface area (Å²) in [5.74, 6) is -0.174. The second kappa shape index (κ2) is 8.55. The molecule has 1 aromatic heterocycles. The molecule has 20 heavy (non-hydrogen) atoms. The van der Waals surface area contributed by atoms with E-state index in [2.05, 4.69) is 10.2 Å². The first kappa shape index (κ1) is 16.5. The molecule has 7 heteroatoms. The Balaban J connectivity index is 2.76. The number of nitrogens with two attached hydrogens (primary N) is 1. The normalized spacial score (nSPS) is 10.8. The minimum Gasteiger partial charge on any atom is -0.395 e. The van der Waals surface area contributed by atoms with E-state index in [0.29, 0.717) is 38.4 Å². The van der Waals surface area contributed by atoms with Gasteiger partial charge >= 0.3 is 0 Å². The summed E-state index contributed by atoms with van der Waals surface area (Å²) < 4.78 is 10.0. The molecule has 0 aliphatic rings. The van der Waals surface area contributed by atoms with Crippen LogP contribution in [-0.4, -0.2) is 61.5 Å². The largest absolute Gasteiger partial charge is 0.395 e. The number of hydrogen-bond acceptors (Lipinski definition) is 5. The first-order chi connectivity index (χ1) is 9.65. The Morgan fingerprint density at radius 3 is 2.55 bits per heavy atom. The maximum atomic E-state index is 12.5. The number of carbonyl (C=O) groups is 1. The molecule has 0 spiro atoms. The van der Waals surface area contributed by atoms with Crippen molar-refractivity contribution >= 4 is 11.6 Å². The number of amides is 1. The third-order valence-corrected chi connectivity index (χ3v) is 3.07. The van der Waals surface area contributed by atoms with Crippen molar-refractivity contribution in [2.75, 3.05) is 46.3 Å². The van der Waals surface area contributed by atoms with Gasteiger partial charge in [0.25, 0.3) is 5.91 Å². The lowest BCUT2D eigenvalue weighted by atomic mass is 10.2. The van der Waals surface area contributed by atoms with Crippen molar-refractivity contribution < 1.29 is 14.3 Å². The van der Waals surface area contributed by atoms with Gasteiger partial charge in [-0.05, 0) is 12.8 Å². The molecular weight excluding hydrogens is 260 g/mol. The van der Waals surface area contributed by atoms with Crippen molar-refractivity contribution in [3.8, 4) is 0 Å². The Hall–Kier alpha value is -1.60. The van der Waals surface area contributed by atoms with Crippen molar-refractivity contribution in [1.82, 2.24) is 15.1 Å². The van der Waals surface area contributed by atoms with Crippen LogP contribution in [0.25, 0.3) is 0 Å². The molecule has 0 radical (unpaired) electrons. The highest BCUT2D eigenvalue weighted by molar-refractivity contribution is 5.97. The molecule has 0 unspecified atom stereocenters. The lowest BCUT2D eigenvalue weighted by molar-refractivity contribution is 0.0669. The van der Waals surface area contributed by atoms with E-state index in [9.17, 15) is 4.79 Å². The van der Waals surface area contributed by atoms with Crippen molar-refractivity contribution in [2.45, 2.75) is 19.8 Å². The van der Waals surface area contributed by atoms with Gasteiger partial charge in [-0.25, -0.2) is 0 Å². The number of H-pyrrole nitrogens is 1. The van der Waals surface area contributed by atoms with E-state index >= 15 is 0 Å². The second-order valence-electron chi connectivity index (χ2n) is 4.45. The van der Waals surface area contributed by atoms with Gasteiger partial charge in [0.1, 0.15) is 0 Å². The number of methoxy groups -OCH3 is 2. The number of nitrogens with one attached hydrogen (secondary N) is 1. The van der Waals surface area contributed by atoms with Crippen LogP contribution >= 0.6 is 0 Å². The van der Waals surface area contributed by atoms with Gasteiger partial charge in [-0.1, -0.05) is 6.92 Å². The molecule has 0 atom stereocenters. The smallest absolute Gasteiger partial charge is 0.276 e. The number of aromatic amines is 1. The van der Waals surface area contributed by atoms with Crippen LogP contribution < -0.4 is 5.73 Å². The van der Waals surface area contributed by atoms with Crippen LogP contribution in [0.5, 0.6) is 0 Å². The number of carbonyl (C=O) groups excluding carboxylic acids is 1. The SMILES string of the molecule is CCc1[nH]nc(C(=O)N(CCCOC)CCOC)c1N. The van der Waals surface area contributed by atoms with Crippen molar-refractivity contribution in [3.05, 3.63) is 11.4 Å². The number of nitrogen functional groups attached to an aromatic ring is 1. The molecule has 0 aliphatic carbocycles. The molecule has 1 aromatic rings. The maximum Gasteiger partial charge on any atom is 0.276 e. The van der Waals surface area contributed by atoms with E-state index in [1.165, 1.54) is 0 Å². The average molecular weight is 284 g/mol. The van der Waals surface area contributed by atoms with Crippen LogP contribution in [0.15, 0.2) is 0 Å². The number of ether oxygens (including phenoxy) is 2. The van der Waals surface area contributed by atoms with Gasteiger partial charge in [-0.15, -0.1) is 0 Å². The fourth-order valence-electron chi connectivity index (χ4n) is 1.89. The molecule has 0 saturated heterocycles. The first-order valence-corrected chi connectivity index (χ1v) is 6.75. The predicted molar refractivity (Wildman–Crippen MR) is 76.7 cm³/mol. The molecule has 1 heterocycles. The molecule has 3 N–H and O–H groups in total. The topological polar surface area (TPSA) is 93.5 Å². The van der Waals surface area contributed by atoms with E-state index < -0.39 is 0 Å². The van der Waals surface area contributed by atoms with Crippen molar-refractivity contribution in [2.24, 2.45) is 0 Å². The number of aryl methyl sites for hydroxylation is 1. The summed E-state index contributed by atoms with van der Waals surface area (Å²) in [5, 5.41) is 6.83. The van der Waals surface area contributed by atoms with Gasteiger partial charge in [-0.3, -0.25) is 9.89 Å². The zero-order valence-corrected chi connectivity index (χ0v) is 12.4. The summed E-state index contributed by atoms with van der Waals surface area (Å²) in [5.41, 5.74) is 7.45. The van der Waals surface area contributed by atoms with Crippen LogP contribution in [0.2, 0.25) is 0 Å². The third kappa shape index (κ3) is 4.21. The van der Waals surface area contributed by atoms with Crippen molar-refractivity contribution in [3.63, 3.8) is 0 Å². The first-order valence-electron chi connectivity index (χ1n) is 6.75. The molecule has 0 fully saturated rings. The minimum atomic E-state index is -0.174. The number of aromatic nitrogens is 2. The summed E-state index contributed by atoms with van der Waals surface area (Å²) in [6.45, 7) is 4.13. The molecular formula is C13H24N4O3. The van der Waals surface area contributed by atoms with E-state index in [-0.39, 0.29) is 11.6 Å². The summed E-state index contributed by atoms with van der Waals surface area (Å²) in [6.07, 6.45) is 1.48. The second-order valence-corrected chi connectivity index (χ2v) is 4.45. The number of nitrogens with zero attached hydrogens (tertiary/aromatic N) is 2. The molecule has 0 aliphatic heterocycles. The number of hydrogen-bond donors (Lipinski definition) is 2. The van der Waals surface area contributed by atoms with Crippen molar-refractivity contribution in [1.29, 1.82) is 0 Å². The zero-order chi connectivity index (χ0) is 15.0. The summed E-state index contributed by atoms with van der Waals surface area (Å²) in [4.78, 5) is 14.2. The average Bonchev–Trinajstić information content (AvgIpc) is 2.83. The summed E-state index contributed by atoms with van der Waals surface area (Å²) in [6, 6.07) is 0. The highest BCUT2D eigenvalue weighted by Gasteiger charge is 2.22. The van der Waals surface area contributed by atoms with Gasteiger partial charge in [0.15, 0.2) is 5.69 Å². The van der Waals surface area contributed by atoms with Crippen LogP contribution in [0.3, 0.4) is 0 Å². The molecule has 7 nitrogen and oxygen atoms in total. The van der Waals surface area contributed by atoms with E-state index in [1.807, 2.05) is 6.92 Å². The fraction of sp³-hybridized carbons (Fsp3) is 0.692. The zero-order valence-electron chi connectivity index (χ0n) is 12.4. The van der Waals surface area contributed by atoms with Crippen LogP contribution in [-0.2, 0) is 15.9 Å². The Morgan fingerprint density at radius 2 is 2.00 bits per heavy atom. The third-order valence-electron chi connectivity index (χ3n) is 3.07. The molecule has 114 valence electrons. The number of anilines is 1. The van der Waals surface area contributed by atoms with Gasteiger partial charge in [0, 0.05) is 33.9 Å². The Bertz CT molecular complexity index is 420. The lowest BCUT2D eigenvalue weighted by Crippen LogP contribution is -2.35. The monoisotopic (exact) mass is 284 g/mol. The standard InChI is InChI=1S/C13H24N4O3/c1-4-10-11(14)12(16-15-10)13(18)17(7-9-20-3)6-5-8-19-2/h4-9,14H2,1-3H3,(H,15,16). The molecule has 1 rings (SSSR count). The molecule has 1 amide bonds. The van der Waals surface area contributed by atoms with Crippen LogP contribution in [0, 0.1) is 0 Å². The van der Waals surface area contributed by atoms with Gasteiger partial charge in [0.05, 0.1) is 18.0 Å². The summed E-state index contributed by atoms with van der Waals surface area (Å²) in [7, 11) is 3.25. The molecule has 0 saturated carbocycles. The van der Waals surface area contributed by atoms with E-state index in [1.54, 1.807) is 19.1 Å². The Labute approximate surface area is 119 Å². The van der Waals surface area contributed by atoms with Gasteiger partial charge < -0.3 is 20.1 Å². The predicted octanol–water partition coefficient (Wildman–Crippen LogP) is 0.679. The fourth-order valence-corrected chi connectivity index (χ4v) is 1.89.